The minimum atomic E-state index is 0.259. The highest BCUT2D eigenvalue weighted by molar-refractivity contribution is 6.36. The summed E-state index contributed by atoms with van der Waals surface area (Å²) in [7, 11) is 0. The Balaban J connectivity index is 2.57. The quantitative estimate of drug-likeness (QED) is 0.817. The van der Waals surface area contributed by atoms with Crippen molar-refractivity contribution in [3.05, 3.63) is 52.3 Å². The highest BCUT2D eigenvalue weighted by Crippen LogP contribution is 2.31. The Hall–Kier alpha value is -1.56. The maximum Gasteiger partial charge on any atom is 0.0781 e. The van der Waals surface area contributed by atoms with Gasteiger partial charge in [0.2, 0.25) is 0 Å². The number of nitrogens with zero attached hydrogens (tertiary/aromatic N) is 2. The van der Waals surface area contributed by atoms with Gasteiger partial charge in [0, 0.05) is 27.4 Å². The van der Waals surface area contributed by atoms with E-state index in [2.05, 4.69) is 11.1 Å². The molecule has 17 heavy (non-hydrogen) atoms. The van der Waals surface area contributed by atoms with Crippen LogP contribution in [0.15, 0.2) is 36.5 Å². The average molecular weight is 263 g/mol. The smallest absolute Gasteiger partial charge is 0.0781 e. The molecule has 2 rings (SSSR count). The van der Waals surface area contributed by atoms with Gasteiger partial charge in [-0.25, -0.2) is 0 Å². The molecule has 2 nitrogen and oxygen atoms in total. The second kappa shape index (κ2) is 5.18. The molecule has 0 aliphatic carbocycles. The van der Waals surface area contributed by atoms with Crippen LogP contribution in [0.1, 0.15) is 5.69 Å². The monoisotopic (exact) mass is 262 g/mol. The third-order valence-electron chi connectivity index (χ3n) is 2.36. The lowest BCUT2D eigenvalue weighted by molar-refractivity contribution is 1.12. The molecule has 0 aliphatic rings. The Morgan fingerprint density at radius 2 is 2.00 bits per heavy atom. The van der Waals surface area contributed by atoms with Gasteiger partial charge in [0.25, 0.3) is 0 Å². The van der Waals surface area contributed by atoms with Crippen LogP contribution in [0, 0.1) is 11.3 Å². The number of hydrogen-bond acceptors (Lipinski definition) is 2. The minimum absolute atomic E-state index is 0.259. The molecule has 0 saturated heterocycles. The van der Waals surface area contributed by atoms with E-state index in [9.17, 15) is 0 Å². The van der Waals surface area contributed by atoms with Gasteiger partial charge in [0.1, 0.15) is 0 Å². The molecule has 0 spiro atoms. The second-order valence-corrected chi connectivity index (χ2v) is 4.30. The largest absolute Gasteiger partial charge is 0.260 e. The number of aromatic nitrogens is 1. The predicted molar refractivity (Wildman–Crippen MR) is 69.0 cm³/mol. The van der Waals surface area contributed by atoms with Crippen LogP contribution >= 0.6 is 23.2 Å². The summed E-state index contributed by atoms with van der Waals surface area (Å²) in [5.41, 5.74) is 2.43. The van der Waals surface area contributed by atoms with Crippen molar-refractivity contribution in [2.24, 2.45) is 0 Å². The number of hydrogen-bond donors (Lipinski definition) is 0. The fourth-order valence-corrected chi connectivity index (χ4v) is 2.12. The molecule has 0 radical (unpaired) electrons. The zero-order valence-electron chi connectivity index (χ0n) is 8.82. The maximum absolute atomic E-state index is 8.76. The van der Waals surface area contributed by atoms with Gasteiger partial charge in [-0.05, 0) is 18.2 Å². The summed E-state index contributed by atoms with van der Waals surface area (Å²) in [5, 5.41) is 9.91. The number of halogens is 2. The number of nitriles is 1. The van der Waals surface area contributed by atoms with E-state index >= 15 is 0 Å². The normalized spacial score (nSPS) is 9.94. The van der Waals surface area contributed by atoms with Crippen LogP contribution in [0.4, 0.5) is 0 Å². The molecular formula is C13H8Cl2N2. The molecule has 0 unspecified atom stereocenters. The van der Waals surface area contributed by atoms with Gasteiger partial charge in [-0.1, -0.05) is 35.3 Å². The van der Waals surface area contributed by atoms with E-state index in [1.54, 1.807) is 18.3 Å². The van der Waals surface area contributed by atoms with Gasteiger partial charge in [0.05, 0.1) is 18.2 Å². The summed E-state index contributed by atoms with van der Waals surface area (Å²) < 4.78 is 0. The van der Waals surface area contributed by atoms with Crippen LogP contribution in [0.25, 0.3) is 11.1 Å². The van der Waals surface area contributed by atoms with Crippen molar-refractivity contribution in [3.63, 3.8) is 0 Å². The molecule has 0 aliphatic heterocycles. The third-order valence-corrected chi connectivity index (χ3v) is 2.91. The third kappa shape index (κ3) is 2.58. The highest BCUT2D eigenvalue weighted by atomic mass is 35.5. The van der Waals surface area contributed by atoms with Crippen molar-refractivity contribution in [2.75, 3.05) is 0 Å². The molecule has 0 saturated carbocycles. The van der Waals surface area contributed by atoms with E-state index < -0.39 is 0 Å². The molecule has 0 atom stereocenters. The van der Waals surface area contributed by atoms with Crippen molar-refractivity contribution in [1.82, 2.24) is 4.98 Å². The Labute approximate surface area is 109 Å². The number of pyridine rings is 1. The van der Waals surface area contributed by atoms with E-state index in [1.807, 2.05) is 18.2 Å². The number of rotatable bonds is 2. The fraction of sp³-hybridized carbons (Fsp3) is 0.0769. The zero-order chi connectivity index (χ0) is 12.3. The van der Waals surface area contributed by atoms with Gasteiger partial charge in [-0.3, -0.25) is 4.98 Å². The lowest BCUT2D eigenvalue weighted by atomic mass is 10.0. The van der Waals surface area contributed by atoms with Crippen molar-refractivity contribution >= 4 is 23.2 Å². The minimum Gasteiger partial charge on any atom is -0.260 e. The first-order valence-corrected chi connectivity index (χ1v) is 5.74. The van der Waals surface area contributed by atoms with E-state index in [0.717, 1.165) is 16.8 Å². The van der Waals surface area contributed by atoms with Crippen molar-refractivity contribution < 1.29 is 0 Å². The first kappa shape index (κ1) is 11.9. The fourth-order valence-electron chi connectivity index (χ4n) is 1.61. The molecule has 0 bridgehead atoms. The first-order valence-electron chi connectivity index (χ1n) is 4.98. The van der Waals surface area contributed by atoms with Gasteiger partial charge in [0.15, 0.2) is 0 Å². The molecule has 1 aromatic carbocycles. The highest BCUT2D eigenvalue weighted by Gasteiger charge is 2.09. The van der Waals surface area contributed by atoms with Gasteiger partial charge in [-0.2, -0.15) is 5.26 Å². The van der Waals surface area contributed by atoms with Crippen LogP contribution in [-0.4, -0.2) is 4.98 Å². The first-order chi connectivity index (χ1) is 8.22. The number of benzene rings is 1. The predicted octanol–water partition coefficient (Wildman–Crippen LogP) is 4.12. The van der Waals surface area contributed by atoms with E-state index in [0.29, 0.717) is 10.0 Å². The van der Waals surface area contributed by atoms with Crippen LogP contribution in [0.3, 0.4) is 0 Å². The molecule has 1 heterocycles. The summed E-state index contributed by atoms with van der Waals surface area (Å²) in [6.45, 7) is 0. The topological polar surface area (TPSA) is 36.7 Å². The van der Waals surface area contributed by atoms with Gasteiger partial charge < -0.3 is 0 Å². The summed E-state index contributed by atoms with van der Waals surface area (Å²) in [5.74, 6) is 0. The van der Waals surface area contributed by atoms with Crippen LogP contribution < -0.4 is 0 Å². The SMILES string of the molecule is N#CCc1ncccc1-c1ccc(Cl)cc1Cl. The lowest BCUT2D eigenvalue weighted by Crippen LogP contribution is -1.92. The van der Waals surface area contributed by atoms with Crippen LogP contribution in [0.2, 0.25) is 10.0 Å². The molecule has 84 valence electrons. The molecule has 0 N–H and O–H groups in total. The van der Waals surface area contributed by atoms with E-state index in [-0.39, 0.29) is 6.42 Å². The molecule has 4 heteroatoms. The maximum atomic E-state index is 8.76. The van der Waals surface area contributed by atoms with Crippen LogP contribution in [0.5, 0.6) is 0 Å². The zero-order valence-corrected chi connectivity index (χ0v) is 10.3. The summed E-state index contributed by atoms with van der Waals surface area (Å²) >= 11 is 12.0. The summed E-state index contributed by atoms with van der Waals surface area (Å²) in [4.78, 5) is 4.19. The molecular weight excluding hydrogens is 255 g/mol. The molecule has 2 aromatic rings. The van der Waals surface area contributed by atoms with Crippen molar-refractivity contribution in [2.45, 2.75) is 6.42 Å². The Morgan fingerprint density at radius 1 is 1.18 bits per heavy atom. The Morgan fingerprint density at radius 3 is 2.71 bits per heavy atom. The molecule has 0 amide bonds. The van der Waals surface area contributed by atoms with Crippen molar-refractivity contribution in [3.8, 4) is 17.2 Å². The second-order valence-electron chi connectivity index (χ2n) is 3.46. The average Bonchev–Trinajstić information content (AvgIpc) is 2.31. The Bertz CT molecular complexity index is 588. The lowest BCUT2D eigenvalue weighted by Gasteiger charge is -2.08. The van der Waals surface area contributed by atoms with E-state index in [1.165, 1.54) is 0 Å². The van der Waals surface area contributed by atoms with Crippen LogP contribution in [-0.2, 0) is 6.42 Å². The Kier molecular flexibility index (Phi) is 3.63. The van der Waals surface area contributed by atoms with E-state index in [4.69, 9.17) is 28.5 Å². The van der Waals surface area contributed by atoms with Gasteiger partial charge in [-0.15, -0.1) is 0 Å². The standard InChI is InChI=1S/C13H8Cl2N2/c14-9-3-4-10(12(15)8-9)11-2-1-7-17-13(11)5-6-16/h1-4,7-8H,5H2. The molecule has 1 aromatic heterocycles. The van der Waals surface area contributed by atoms with Gasteiger partial charge >= 0.3 is 0 Å². The summed E-state index contributed by atoms with van der Waals surface area (Å²) in [6, 6.07) is 11.1. The summed E-state index contributed by atoms with van der Waals surface area (Å²) in [6.07, 6.45) is 1.93. The van der Waals surface area contributed by atoms with Crippen molar-refractivity contribution in [1.29, 1.82) is 5.26 Å². The molecule has 0 fully saturated rings.